The molecule has 0 bridgehead atoms. The molecule has 3 heterocycles. The lowest BCUT2D eigenvalue weighted by Gasteiger charge is -2.07. The van der Waals surface area contributed by atoms with Crippen LogP contribution in [0.15, 0.2) is 55.0 Å². The van der Waals surface area contributed by atoms with Crippen LogP contribution in [0, 0.1) is 0 Å². The second kappa shape index (κ2) is 9.84. The molecule has 0 aliphatic rings. The van der Waals surface area contributed by atoms with Gasteiger partial charge in [-0.1, -0.05) is 12.1 Å². The summed E-state index contributed by atoms with van der Waals surface area (Å²) < 4.78 is 12.0. The third-order valence-corrected chi connectivity index (χ3v) is 4.65. The minimum absolute atomic E-state index is 0.364. The van der Waals surface area contributed by atoms with Crippen molar-refractivity contribution in [3.8, 4) is 17.0 Å². The quantitative estimate of drug-likeness (QED) is 0.410. The van der Waals surface area contributed by atoms with Crippen LogP contribution in [0.4, 0.5) is 10.6 Å². The molecule has 0 saturated heterocycles. The summed E-state index contributed by atoms with van der Waals surface area (Å²) in [5.74, 6) is 1.19. The summed E-state index contributed by atoms with van der Waals surface area (Å²) >= 11 is 0. The lowest BCUT2D eigenvalue weighted by Crippen LogP contribution is -2.31. The third-order valence-electron chi connectivity index (χ3n) is 4.65. The van der Waals surface area contributed by atoms with Crippen molar-refractivity contribution < 1.29 is 14.3 Å². The molecule has 10 nitrogen and oxygen atoms in total. The van der Waals surface area contributed by atoms with Crippen molar-refractivity contribution in [3.63, 3.8) is 0 Å². The second-order valence-electron chi connectivity index (χ2n) is 6.95. The molecule has 0 atom stereocenters. The number of rotatable bonds is 8. The number of hydrogen-bond acceptors (Lipinski definition) is 7. The van der Waals surface area contributed by atoms with E-state index in [4.69, 9.17) is 9.47 Å². The summed E-state index contributed by atoms with van der Waals surface area (Å²) in [4.78, 5) is 25.4. The summed E-state index contributed by atoms with van der Waals surface area (Å²) in [6.45, 7) is 1.43. The van der Waals surface area contributed by atoms with E-state index < -0.39 is 0 Å². The number of ether oxygens (including phenoxy) is 2. The van der Waals surface area contributed by atoms with Gasteiger partial charge in [-0.3, -0.25) is 15.0 Å². The Hall–Kier alpha value is -4.05. The molecule has 0 spiro atoms. The normalized spacial score (nSPS) is 10.8. The van der Waals surface area contributed by atoms with Crippen molar-refractivity contribution >= 4 is 23.0 Å². The van der Waals surface area contributed by atoms with Gasteiger partial charge in [-0.2, -0.15) is 5.10 Å². The minimum Gasteiger partial charge on any atom is -0.497 e. The number of urea groups is 1. The first kappa shape index (κ1) is 21.2. The summed E-state index contributed by atoms with van der Waals surface area (Å²) in [7, 11) is 3.22. The van der Waals surface area contributed by atoms with Crippen LogP contribution in [0.1, 0.15) is 5.56 Å². The zero-order chi connectivity index (χ0) is 22.3. The number of nitrogens with one attached hydrogen (secondary N) is 2. The molecule has 0 saturated carbocycles. The number of aromatic nitrogens is 5. The van der Waals surface area contributed by atoms with Gasteiger partial charge >= 0.3 is 6.03 Å². The molecule has 2 N–H and O–H groups in total. The zero-order valence-corrected chi connectivity index (χ0v) is 17.8. The van der Waals surface area contributed by atoms with Crippen LogP contribution < -0.4 is 15.4 Å². The van der Waals surface area contributed by atoms with E-state index in [0.29, 0.717) is 42.4 Å². The van der Waals surface area contributed by atoms with Gasteiger partial charge < -0.3 is 14.8 Å². The molecule has 2 amide bonds. The molecule has 1 aromatic carbocycles. The summed E-state index contributed by atoms with van der Waals surface area (Å²) in [5, 5.41) is 9.79. The van der Waals surface area contributed by atoms with Crippen LogP contribution >= 0.6 is 0 Å². The predicted molar refractivity (Wildman–Crippen MR) is 120 cm³/mol. The molecule has 4 rings (SSSR count). The van der Waals surface area contributed by atoms with E-state index in [1.165, 1.54) is 0 Å². The monoisotopic (exact) mass is 433 g/mol. The van der Waals surface area contributed by atoms with E-state index in [2.05, 4.69) is 30.7 Å². The molecule has 0 aliphatic heterocycles. The number of nitrogens with zero attached hydrogens (tertiary/aromatic N) is 5. The Labute approximate surface area is 184 Å². The lowest BCUT2D eigenvalue weighted by molar-refractivity contribution is 0.198. The highest BCUT2D eigenvalue weighted by atomic mass is 16.5. The number of hydrogen-bond donors (Lipinski definition) is 2. The van der Waals surface area contributed by atoms with Gasteiger partial charge in [-0.05, 0) is 29.8 Å². The van der Waals surface area contributed by atoms with Crippen LogP contribution in [-0.4, -0.2) is 58.1 Å². The van der Waals surface area contributed by atoms with Crippen LogP contribution in [0.3, 0.4) is 0 Å². The van der Waals surface area contributed by atoms with E-state index in [1.807, 2.05) is 35.1 Å². The number of anilines is 1. The van der Waals surface area contributed by atoms with Crippen molar-refractivity contribution in [2.24, 2.45) is 0 Å². The van der Waals surface area contributed by atoms with Crippen LogP contribution in [0.25, 0.3) is 22.4 Å². The molecule has 0 unspecified atom stereocenters. The Morgan fingerprint density at radius 2 is 2.03 bits per heavy atom. The van der Waals surface area contributed by atoms with Crippen LogP contribution in [-0.2, 0) is 11.3 Å². The number of carbonyl (C=O) groups is 1. The molecule has 0 fully saturated rings. The predicted octanol–water partition coefficient (Wildman–Crippen LogP) is 2.71. The molecule has 164 valence electrons. The highest BCUT2D eigenvalue weighted by molar-refractivity contribution is 5.89. The first-order valence-corrected chi connectivity index (χ1v) is 9.98. The molecular formula is C22H23N7O3. The van der Waals surface area contributed by atoms with Gasteiger partial charge in [0.15, 0.2) is 5.65 Å². The Bertz CT molecular complexity index is 1230. The fraction of sp³-hybridized carbons (Fsp3) is 0.227. The van der Waals surface area contributed by atoms with E-state index in [1.54, 1.807) is 38.7 Å². The third kappa shape index (κ3) is 5.16. The molecular weight excluding hydrogens is 410 g/mol. The Balaban J connectivity index is 1.50. The first-order valence-electron chi connectivity index (χ1n) is 9.98. The first-order chi connectivity index (χ1) is 15.6. The Morgan fingerprint density at radius 3 is 2.88 bits per heavy atom. The number of carbonyl (C=O) groups excluding carboxylic acids is 1. The van der Waals surface area contributed by atoms with Gasteiger partial charge in [0.1, 0.15) is 17.1 Å². The maximum Gasteiger partial charge on any atom is 0.320 e. The highest BCUT2D eigenvalue weighted by Crippen LogP contribution is 2.20. The van der Waals surface area contributed by atoms with Gasteiger partial charge in [0, 0.05) is 25.4 Å². The number of methoxy groups -OCH3 is 2. The maximum atomic E-state index is 11.9. The second-order valence-corrected chi connectivity index (χ2v) is 6.95. The Morgan fingerprint density at radius 1 is 1.12 bits per heavy atom. The van der Waals surface area contributed by atoms with Crippen molar-refractivity contribution in [1.29, 1.82) is 0 Å². The molecule has 32 heavy (non-hydrogen) atoms. The number of benzene rings is 1. The summed E-state index contributed by atoms with van der Waals surface area (Å²) in [6.07, 6.45) is 5.32. The number of pyridine rings is 1. The zero-order valence-electron chi connectivity index (χ0n) is 17.8. The van der Waals surface area contributed by atoms with Crippen molar-refractivity contribution in [3.05, 3.63) is 60.6 Å². The average Bonchev–Trinajstić information content (AvgIpc) is 3.27. The van der Waals surface area contributed by atoms with Gasteiger partial charge in [0.05, 0.1) is 38.3 Å². The van der Waals surface area contributed by atoms with E-state index in [0.717, 1.165) is 16.9 Å². The van der Waals surface area contributed by atoms with Crippen molar-refractivity contribution in [2.45, 2.75) is 6.54 Å². The highest BCUT2D eigenvalue weighted by Gasteiger charge is 2.09. The van der Waals surface area contributed by atoms with Gasteiger partial charge in [-0.25, -0.2) is 14.8 Å². The summed E-state index contributed by atoms with van der Waals surface area (Å²) in [6, 6.07) is 10.9. The standard InChI is InChI=1S/C22H23N7O3/c1-31-9-8-23-22(30)28-20-7-6-18-21(27-20)26-19(12-24-18)16-11-25-29(14-16)13-15-4-3-5-17(10-15)32-2/h3-7,10-12,14H,8-9,13H2,1-2H3,(H2,23,26,27,28,30). The molecule has 4 aromatic rings. The van der Waals surface area contributed by atoms with E-state index in [-0.39, 0.29) is 6.03 Å². The van der Waals surface area contributed by atoms with Crippen LogP contribution in [0.5, 0.6) is 5.75 Å². The largest absolute Gasteiger partial charge is 0.497 e. The SMILES string of the molecule is COCCNC(=O)Nc1ccc2ncc(-c3cnn(Cc4cccc(OC)c4)c3)nc2n1. The topological polar surface area (TPSA) is 116 Å². The Kier molecular flexibility index (Phi) is 6.52. The van der Waals surface area contributed by atoms with E-state index >= 15 is 0 Å². The molecule has 0 radical (unpaired) electrons. The van der Waals surface area contributed by atoms with Gasteiger partial charge in [-0.15, -0.1) is 0 Å². The lowest BCUT2D eigenvalue weighted by atomic mass is 10.2. The van der Waals surface area contributed by atoms with Gasteiger partial charge in [0.25, 0.3) is 0 Å². The van der Waals surface area contributed by atoms with Crippen LogP contribution in [0.2, 0.25) is 0 Å². The fourth-order valence-corrected chi connectivity index (χ4v) is 3.07. The molecule has 3 aromatic heterocycles. The van der Waals surface area contributed by atoms with Gasteiger partial charge in [0.2, 0.25) is 0 Å². The summed E-state index contributed by atoms with van der Waals surface area (Å²) in [5.41, 5.74) is 3.59. The average molecular weight is 433 g/mol. The fourth-order valence-electron chi connectivity index (χ4n) is 3.07. The maximum absolute atomic E-state index is 11.9. The molecule has 10 heteroatoms. The smallest absolute Gasteiger partial charge is 0.320 e. The number of fused-ring (bicyclic) bond motifs is 1. The minimum atomic E-state index is -0.364. The number of amides is 2. The molecule has 0 aliphatic carbocycles. The van der Waals surface area contributed by atoms with E-state index in [9.17, 15) is 4.79 Å². The van der Waals surface area contributed by atoms with Crippen molar-refractivity contribution in [2.75, 3.05) is 32.7 Å². The van der Waals surface area contributed by atoms with Crippen molar-refractivity contribution in [1.82, 2.24) is 30.0 Å².